The zero-order valence-electron chi connectivity index (χ0n) is 7.52. The van der Waals surface area contributed by atoms with Crippen LogP contribution in [0.15, 0.2) is 0 Å². The van der Waals surface area contributed by atoms with E-state index in [9.17, 15) is 0 Å². The minimum absolute atomic E-state index is 0. The first-order chi connectivity index (χ1) is 3.85. The molecule has 0 N–H and O–H groups in total. The summed E-state index contributed by atoms with van der Waals surface area (Å²) in [6.07, 6.45) is 0. The number of hydrogen-bond donors (Lipinski definition) is 0. The molecule has 0 aromatic heterocycles. The fourth-order valence-electron chi connectivity index (χ4n) is 0.775. The van der Waals surface area contributed by atoms with E-state index in [0.29, 0.717) is 11.6 Å². The summed E-state index contributed by atoms with van der Waals surface area (Å²) in [4.78, 5) is 2.35. The molecule has 0 aromatic carbocycles. The molecule has 0 unspecified atom stereocenters. The first kappa shape index (κ1) is 12.7. The van der Waals surface area contributed by atoms with Crippen LogP contribution in [-0.2, 0) is 0 Å². The highest BCUT2D eigenvalue weighted by Gasteiger charge is 2.18. The van der Waals surface area contributed by atoms with E-state index in [-0.39, 0.29) is 8.41 Å². The third-order valence-electron chi connectivity index (χ3n) is 1.83. The molecule has 0 rings (SSSR count). The second-order valence-electron chi connectivity index (χ2n) is 3.88. The van der Waals surface area contributed by atoms with E-state index in [1.807, 2.05) is 0 Å². The van der Waals surface area contributed by atoms with Gasteiger partial charge in [0, 0.05) is 11.6 Å². The van der Waals surface area contributed by atoms with Crippen molar-refractivity contribution in [2.75, 3.05) is 7.05 Å². The Hall–Kier alpha value is 0.0249. The topological polar surface area (TPSA) is 3.24 Å². The van der Waals surface area contributed by atoms with Crippen molar-refractivity contribution in [2.45, 2.75) is 46.2 Å². The van der Waals surface area contributed by atoms with Crippen molar-refractivity contribution in [3.63, 3.8) is 0 Å². The lowest BCUT2D eigenvalue weighted by Crippen LogP contribution is -2.42. The van der Waals surface area contributed by atoms with Crippen LogP contribution in [0.5, 0.6) is 0 Å². The summed E-state index contributed by atoms with van der Waals surface area (Å²) >= 11 is 0. The van der Waals surface area contributed by atoms with Crippen LogP contribution >= 0.6 is 0 Å². The smallest absolute Gasteiger partial charge is 0.0814 e. The summed E-state index contributed by atoms with van der Waals surface area (Å²) in [5.41, 5.74) is 0.314. The van der Waals surface area contributed by atoms with E-state index in [1.165, 1.54) is 0 Å². The standard InChI is InChI=1S/C8H19N.BH3/c1-7(2)9(6)8(3,4)5;/h7H,1-6H3;1H3. The van der Waals surface area contributed by atoms with Crippen molar-refractivity contribution in [2.24, 2.45) is 0 Å². The zero-order chi connectivity index (χ0) is 7.65. The SMILES string of the molecule is B.CC(C)N(C)C(C)(C)C. The highest BCUT2D eigenvalue weighted by Crippen LogP contribution is 2.12. The van der Waals surface area contributed by atoms with Crippen LogP contribution in [0, 0.1) is 0 Å². The highest BCUT2D eigenvalue weighted by molar-refractivity contribution is 5.75. The first-order valence-electron chi connectivity index (χ1n) is 3.58. The number of nitrogens with zero attached hydrogens (tertiary/aromatic N) is 1. The van der Waals surface area contributed by atoms with E-state index < -0.39 is 0 Å². The van der Waals surface area contributed by atoms with Gasteiger partial charge in [-0.25, -0.2) is 0 Å². The summed E-state index contributed by atoms with van der Waals surface area (Å²) in [5, 5.41) is 0. The van der Waals surface area contributed by atoms with Gasteiger partial charge in [-0.05, 0) is 41.7 Å². The Bertz CT molecular complexity index is 83.7. The average Bonchev–Trinajstić information content (AvgIpc) is 1.62. The third kappa shape index (κ3) is 3.94. The molecule has 0 saturated carbocycles. The van der Waals surface area contributed by atoms with Gasteiger partial charge in [0.15, 0.2) is 0 Å². The third-order valence-corrected chi connectivity index (χ3v) is 1.83. The van der Waals surface area contributed by atoms with Gasteiger partial charge in [0.1, 0.15) is 0 Å². The molecule has 2 heteroatoms. The lowest BCUT2D eigenvalue weighted by molar-refractivity contribution is 0.136. The summed E-state index contributed by atoms with van der Waals surface area (Å²) in [6.45, 7) is 11.1. The summed E-state index contributed by atoms with van der Waals surface area (Å²) < 4.78 is 0. The summed E-state index contributed by atoms with van der Waals surface area (Å²) in [6, 6.07) is 0.644. The molecule has 10 heavy (non-hydrogen) atoms. The summed E-state index contributed by atoms with van der Waals surface area (Å²) in [7, 11) is 2.16. The Morgan fingerprint density at radius 1 is 1.10 bits per heavy atom. The Morgan fingerprint density at radius 3 is 1.40 bits per heavy atom. The van der Waals surface area contributed by atoms with E-state index >= 15 is 0 Å². The number of hydrogen-bond acceptors (Lipinski definition) is 1. The van der Waals surface area contributed by atoms with Gasteiger partial charge < -0.3 is 0 Å². The van der Waals surface area contributed by atoms with Crippen molar-refractivity contribution in [1.82, 2.24) is 4.90 Å². The molecular formula is C8H22BN. The van der Waals surface area contributed by atoms with Crippen LogP contribution in [0.25, 0.3) is 0 Å². The van der Waals surface area contributed by atoms with Gasteiger partial charge in [0.2, 0.25) is 0 Å². The Balaban J connectivity index is 0. The van der Waals surface area contributed by atoms with Crippen LogP contribution in [0.1, 0.15) is 34.6 Å². The van der Waals surface area contributed by atoms with Crippen LogP contribution < -0.4 is 0 Å². The Kier molecular flexibility index (Phi) is 5.10. The predicted molar refractivity (Wildman–Crippen MR) is 52.6 cm³/mol. The maximum atomic E-state index is 2.35. The molecule has 0 atom stereocenters. The maximum absolute atomic E-state index is 2.35. The molecule has 0 amide bonds. The van der Waals surface area contributed by atoms with E-state index in [0.717, 1.165) is 0 Å². The van der Waals surface area contributed by atoms with Gasteiger partial charge in [0.25, 0.3) is 0 Å². The molecule has 0 aromatic rings. The van der Waals surface area contributed by atoms with Crippen LogP contribution in [0.2, 0.25) is 0 Å². The molecule has 0 bridgehead atoms. The normalized spacial score (nSPS) is 12.0. The molecule has 0 heterocycles. The fourth-order valence-corrected chi connectivity index (χ4v) is 0.775. The van der Waals surface area contributed by atoms with Gasteiger partial charge in [-0.1, -0.05) is 0 Å². The molecule has 0 aliphatic carbocycles. The van der Waals surface area contributed by atoms with Crippen molar-refractivity contribution in [3.05, 3.63) is 0 Å². The molecule has 0 aliphatic heterocycles. The van der Waals surface area contributed by atoms with E-state index in [4.69, 9.17) is 0 Å². The maximum Gasteiger partial charge on any atom is 0.0814 e. The Labute approximate surface area is 67.4 Å². The second kappa shape index (κ2) is 4.02. The minimum atomic E-state index is 0. The molecule has 1 nitrogen and oxygen atoms in total. The monoisotopic (exact) mass is 143 g/mol. The van der Waals surface area contributed by atoms with Gasteiger partial charge in [0.05, 0.1) is 8.41 Å². The Morgan fingerprint density at radius 2 is 1.40 bits per heavy atom. The average molecular weight is 143 g/mol. The second-order valence-corrected chi connectivity index (χ2v) is 3.88. The van der Waals surface area contributed by atoms with Gasteiger partial charge in [-0.15, -0.1) is 0 Å². The van der Waals surface area contributed by atoms with Crippen molar-refractivity contribution < 1.29 is 0 Å². The van der Waals surface area contributed by atoms with Crippen molar-refractivity contribution in [1.29, 1.82) is 0 Å². The molecule has 0 fully saturated rings. The van der Waals surface area contributed by atoms with Crippen molar-refractivity contribution in [3.8, 4) is 0 Å². The molecule has 0 saturated heterocycles. The largest absolute Gasteiger partial charge is 0.299 e. The molecule has 62 valence electrons. The molecular weight excluding hydrogens is 121 g/mol. The quantitative estimate of drug-likeness (QED) is 0.494. The van der Waals surface area contributed by atoms with Gasteiger partial charge in [-0.2, -0.15) is 0 Å². The zero-order valence-corrected chi connectivity index (χ0v) is 7.52. The lowest BCUT2D eigenvalue weighted by atomic mass is 10.1. The van der Waals surface area contributed by atoms with Crippen LogP contribution in [0.3, 0.4) is 0 Å². The number of rotatable bonds is 1. The highest BCUT2D eigenvalue weighted by atomic mass is 15.2. The van der Waals surface area contributed by atoms with Gasteiger partial charge >= 0.3 is 0 Å². The predicted octanol–water partition coefficient (Wildman–Crippen LogP) is 0.941. The van der Waals surface area contributed by atoms with E-state index in [2.05, 4.69) is 46.6 Å². The van der Waals surface area contributed by atoms with Crippen LogP contribution in [-0.4, -0.2) is 31.9 Å². The minimum Gasteiger partial charge on any atom is -0.299 e. The molecule has 0 radical (unpaired) electrons. The fraction of sp³-hybridized carbons (Fsp3) is 1.00. The van der Waals surface area contributed by atoms with Crippen LogP contribution in [0.4, 0.5) is 0 Å². The van der Waals surface area contributed by atoms with E-state index in [1.54, 1.807) is 0 Å². The summed E-state index contributed by atoms with van der Waals surface area (Å²) in [5.74, 6) is 0. The molecule has 0 spiro atoms. The lowest BCUT2D eigenvalue weighted by Gasteiger charge is -2.35. The first-order valence-corrected chi connectivity index (χ1v) is 3.58. The molecule has 0 aliphatic rings. The van der Waals surface area contributed by atoms with Gasteiger partial charge in [-0.3, -0.25) is 4.90 Å². The van der Waals surface area contributed by atoms with Crippen molar-refractivity contribution >= 4 is 8.41 Å².